The van der Waals surface area contributed by atoms with Crippen molar-refractivity contribution in [2.45, 2.75) is 18.8 Å². The molecule has 2 heterocycles. The first-order valence-corrected chi connectivity index (χ1v) is 4.97. The van der Waals surface area contributed by atoms with E-state index in [-0.39, 0.29) is 0 Å². The minimum atomic E-state index is 0.416. The fraction of sp³-hybridized carbons (Fsp3) is 0.455. The van der Waals surface area contributed by atoms with Gasteiger partial charge in [0.25, 0.3) is 0 Å². The molecule has 0 radical (unpaired) electrons. The molecule has 0 bridgehead atoms. The second-order valence-corrected chi connectivity index (χ2v) is 3.59. The lowest BCUT2D eigenvalue weighted by atomic mass is 9.93. The molecular weight excluding hydrogens is 174 g/mol. The van der Waals surface area contributed by atoms with E-state index < -0.39 is 0 Å². The molecule has 1 aliphatic heterocycles. The summed E-state index contributed by atoms with van der Waals surface area (Å²) in [5.74, 6) is 0.416. The molecule has 1 unspecified atom stereocenters. The topological polar surface area (TPSA) is 48.7 Å². The van der Waals surface area contributed by atoms with Gasteiger partial charge in [-0.3, -0.25) is 4.98 Å². The van der Waals surface area contributed by atoms with Gasteiger partial charge in [0.05, 0.1) is 11.3 Å². The van der Waals surface area contributed by atoms with E-state index in [1.165, 1.54) is 6.42 Å². The van der Waals surface area contributed by atoms with Crippen LogP contribution in [-0.4, -0.2) is 18.1 Å². The maximum Gasteiger partial charge on any atom is 0.101 e. The van der Waals surface area contributed by atoms with Crippen molar-refractivity contribution in [3.05, 3.63) is 29.6 Å². The van der Waals surface area contributed by atoms with E-state index in [9.17, 15) is 0 Å². The summed E-state index contributed by atoms with van der Waals surface area (Å²) in [6.45, 7) is 2.04. The van der Waals surface area contributed by atoms with Crippen LogP contribution < -0.4 is 5.32 Å². The Morgan fingerprint density at radius 1 is 1.57 bits per heavy atom. The van der Waals surface area contributed by atoms with E-state index in [0.717, 1.165) is 30.8 Å². The van der Waals surface area contributed by atoms with Crippen LogP contribution in [0.25, 0.3) is 0 Å². The zero-order valence-electron chi connectivity index (χ0n) is 8.03. The Hall–Kier alpha value is -1.40. The van der Waals surface area contributed by atoms with Gasteiger partial charge in [-0.25, -0.2) is 0 Å². The van der Waals surface area contributed by atoms with Crippen LogP contribution in [0, 0.1) is 11.3 Å². The number of piperidine rings is 1. The monoisotopic (exact) mass is 187 g/mol. The van der Waals surface area contributed by atoms with E-state index in [1.807, 2.05) is 12.1 Å². The van der Waals surface area contributed by atoms with Crippen LogP contribution in [-0.2, 0) is 0 Å². The third-order valence-corrected chi connectivity index (χ3v) is 2.64. The molecule has 1 atom stereocenters. The Morgan fingerprint density at radius 2 is 2.50 bits per heavy atom. The first kappa shape index (κ1) is 9.17. The maximum absolute atomic E-state index is 8.94. The predicted molar refractivity (Wildman–Crippen MR) is 53.8 cm³/mol. The predicted octanol–water partition coefficient (Wildman–Crippen LogP) is 1.42. The van der Waals surface area contributed by atoms with E-state index in [4.69, 9.17) is 5.26 Å². The normalized spacial score (nSPS) is 21.5. The van der Waals surface area contributed by atoms with Gasteiger partial charge >= 0.3 is 0 Å². The number of rotatable bonds is 1. The van der Waals surface area contributed by atoms with Crippen LogP contribution in [0.2, 0.25) is 0 Å². The van der Waals surface area contributed by atoms with Gasteiger partial charge in [-0.15, -0.1) is 0 Å². The van der Waals surface area contributed by atoms with Crippen molar-refractivity contribution in [1.82, 2.24) is 10.3 Å². The van der Waals surface area contributed by atoms with Gasteiger partial charge in [0.1, 0.15) is 6.07 Å². The highest BCUT2D eigenvalue weighted by Gasteiger charge is 2.18. The molecule has 1 N–H and O–H groups in total. The third kappa shape index (κ3) is 1.75. The van der Waals surface area contributed by atoms with Crippen LogP contribution in [0.5, 0.6) is 0 Å². The molecule has 3 heteroatoms. The third-order valence-electron chi connectivity index (χ3n) is 2.64. The number of nitrogens with zero attached hydrogens (tertiary/aromatic N) is 2. The molecule has 2 rings (SSSR count). The fourth-order valence-electron chi connectivity index (χ4n) is 1.92. The Morgan fingerprint density at radius 3 is 3.21 bits per heavy atom. The lowest BCUT2D eigenvalue weighted by Crippen LogP contribution is -2.29. The average molecular weight is 187 g/mol. The van der Waals surface area contributed by atoms with Gasteiger partial charge in [-0.2, -0.15) is 5.26 Å². The van der Waals surface area contributed by atoms with Crippen LogP contribution >= 0.6 is 0 Å². The summed E-state index contributed by atoms with van der Waals surface area (Å²) in [4.78, 5) is 4.31. The molecule has 0 aliphatic carbocycles. The summed E-state index contributed by atoms with van der Waals surface area (Å²) in [7, 11) is 0. The summed E-state index contributed by atoms with van der Waals surface area (Å²) >= 11 is 0. The highest BCUT2D eigenvalue weighted by Crippen LogP contribution is 2.23. The SMILES string of the molecule is N#Cc1cccnc1C1CCCNC1. The number of nitrogens with one attached hydrogen (secondary N) is 1. The number of hydrogen-bond acceptors (Lipinski definition) is 3. The van der Waals surface area contributed by atoms with Crippen LogP contribution in [0.4, 0.5) is 0 Å². The summed E-state index contributed by atoms with van der Waals surface area (Å²) < 4.78 is 0. The van der Waals surface area contributed by atoms with Crippen molar-refractivity contribution in [2.75, 3.05) is 13.1 Å². The summed E-state index contributed by atoms with van der Waals surface area (Å²) in [6, 6.07) is 5.86. The smallest absolute Gasteiger partial charge is 0.101 e. The molecule has 0 amide bonds. The summed E-state index contributed by atoms with van der Waals surface area (Å²) in [6.07, 6.45) is 4.08. The van der Waals surface area contributed by atoms with E-state index >= 15 is 0 Å². The van der Waals surface area contributed by atoms with Crippen LogP contribution in [0.1, 0.15) is 30.0 Å². The fourth-order valence-corrected chi connectivity index (χ4v) is 1.92. The van der Waals surface area contributed by atoms with Crippen molar-refractivity contribution in [2.24, 2.45) is 0 Å². The second kappa shape index (κ2) is 4.21. The van der Waals surface area contributed by atoms with E-state index in [2.05, 4.69) is 16.4 Å². The Balaban J connectivity index is 2.26. The van der Waals surface area contributed by atoms with Gasteiger partial charge < -0.3 is 5.32 Å². The average Bonchev–Trinajstić information content (AvgIpc) is 2.30. The van der Waals surface area contributed by atoms with Gasteiger partial charge in [0.15, 0.2) is 0 Å². The molecule has 3 nitrogen and oxygen atoms in total. The van der Waals surface area contributed by atoms with Crippen molar-refractivity contribution < 1.29 is 0 Å². The van der Waals surface area contributed by atoms with E-state index in [0.29, 0.717) is 5.92 Å². The van der Waals surface area contributed by atoms with Crippen LogP contribution in [0.15, 0.2) is 18.3 Å². The van der Waals surface area contributed by atoms with E-state index in [1.54, 1.807) is 6.20 Å². The lowest BCUT2D eigenvalue weighted by molar-refractivity contribution is 0.454. The molecule has 1 aromatic rings. The largest absolute Gasteiger partial charge is 0.316 e. The zero-order valence-corrected chi connectivity index (χ0v) is 8.03. The molecule has 0 spiro atoms. The molecule has 1 aliphatic rings. The Kier molecular flexibility index (Phi) is 2.76. The molecule has 0 saturated carbocycles. The number of hydrogen-bond donors (Lipinski definition) is 1. The second-order valence-electron chi connectivity index (χ2n) is 3.59. The first-order valence-electron chi connectivity index (χ1n) is 4.97. The van der Waals surface area contributed by atoms with Crippen molar-refractivity contribution in [1.29, 1.82) is 5.26 Å². The zero-order chi connectivity index (χ0) is 9.80. The minimum Gasteiger partial charge on any atom is -0.316 e. The number of nitriles is 1. The van der Waals surface area contributed by atoms with Gasteiger partial charge in [0, 0.05) is 18.7 Å². The van der Waals surface area contributed by atoms with Gasteiger partial charge in [-0.05, 0) is 31.5 Å². The standard InChI is InChI=1S/C11H13N3/c12-7-9-3-2-6-14-11(9)10-4-1-5-13-8-10/h2-3,6,10,13H,1,4-5,8H2. The number of pyridine rings is 1. The number of aromatic nitrogens is 1. The summed E-state index contributed by atoms with van der Waals surface area (Å²) in [5.41, 5.74) is 1.68. The molecule has 0 aromatic carbocycles. The molecule has 1 aromatic heterocycles. The molecule has 1 fully saturated rings. The maximum atomic E-state index is 8.94. The molecule has 72 valence electrons. The quantitative estimate of drug-likeness (QED) is 0.723. The highest BCUT2D eigenvalue weighted by molar-refractivity contribution is 5.35. The van der Waals surface area contributed by atoms with Crippen molar-refractivity contribution in [3.63, 3.8) is 0 Å². The first-order chi connectivity index (χ1) is 6.92. The van der Waals surface area contributed by atoms with Crippen molar-refractivity contribution >= 4 is 0 Å². The summed E-state index contributed by atoms with van der Waals surface area (Å²) in [5, 5.41) is 12.3. The highest BCUT2D eigenvalue weighted by atomic mass is 14.9. The molecule has 1 saturated heterocycles. The molecular formula is C11H13N3. The van der Waals surface area contributed by atoms with Crippen molar-refractivity contribution in [3.8, 4) is 6.07 Å². The van der Waals surface area contributed by atoms with Gasteiger partial charge in [-0.1, -0.05) is 0 Å². The Labute approximate surface area is 83.8 Å². The minimum absolute atomic E-state index is 0.416. The Bertz CT molecular complexity index is 348. The lowest BCUT2D eigenvalue weighted by Gasteiger charge is -2.22. The van der Waals surface area contributed by atoms with Crippen LogP contribution in [0.3, 0.4) is 0 Å². The van der Waals surface area contributed by atoms with Gasteiger partial charge in [0.2, 0.25) is 0 Å². The molecule has 14 heavy (non-hydrogen) atoms.